The minimum atomic E-state index is -1.30. The number of esters is 1. The van der Waals surface area contributed by atoms with Gasteiger partial charge in [0.25, 0.3) is 0 Å². The number of benzene rings is 1. The van der Waals surface area contributed by atoms with E-state index >= 15 is 0 Å². The smallest absolute Gasteiger partial charge is 0.407 e. The van der Waals surface area contributed by atoms with Gasteiger partial charge in [0.2, 0.25) is 0 Å². The van der Waals surface area contributed by atoms with Crippen LogP contribution in [-0.4, -0.2) is 46.1 Å². The highest BCUT2D eigenvalue weighted by molar-refractivity contribution is 5.91. The van der Waals surface area contributed by atoms with E-state index in [0.717, 1.165) is 0 Å². The van der Waals surface area contributed by atoms with Gasteiger partial charge in [0.15, 0.2) is 0 Å². The van der Waals surface area contributed by atoms with Crippen molar-refractivity contribution >= 4 is 12.1 Å². The normalized spacial score (nSPS) is 14.2. The number of aliphatic hydroxyl groups is 2. The van der Waals surface area contributed by atoms with Crippen LogP contribution in [-0.2, 0) is 9.47 Å². The van der Waals surface area contributed by atoms with E-state index in [1.54, 1.807) is 59.7 Å². The molecular weight excluding hydrogens is 350 g/mol. The Balaban J connectivity index is 2.72. The first-order valence-electron chi connectivity index (χ1n) is 8.95. The van der Waals surface area contributed by atoms with E-state index < -0.39 is 35.5 Å². The minimum absolute atomic E-state index is 0.0864. The van der Waals surface area contributed by atoms with Crippen LogP contribution in [0.4, 0.5) is 4.79 Å². The van der Waals surface area contributed by atoms with Crippen molar-refractivity contribution in [3.63, 3.8) is 0 Å². The van der Waals surface area contributed by atoms with Crippen molar-refractivity contribution in [1.82, 2.24) is 5.32 Å². The minimum Gasteiger partial charge on any atom is -0.456 e. The Kier molecular flexibility index (Phi) is 7.80. The second kappa shape index (κ2) is 9.19. The highest BCUT2D eigenvalue weighted by Crippen LogP contribution is 2.24. The fourth-order valence-corrected chi connectivity index (χ4v) is 2.28. The fraction of sp³-hybridized carbons (Fsp3) is 0.600. The fourth-order valence-electron chi connectivity index (χ4n) is 2.28. The van der Waals surface area contributed by atoms with Gasteiger partial charge >= 0.3 is 12.1 Å². The monoisotopic (exact) mass is 381 g/mol. The molecule has 1 aromatic carbocycles. The Morgan fingerprint density at radius 3 is 2.11 bits per heavy atom. The first-order chi connectivity index (χ1) is 12.3. The van der Waals surface area contributed by atoms with E-state index in [2.05, 4.69) is 5.32 Å². The summed E-state index contributed by atoms with van der Waals surface area (Å²) in [6, 6.07) is 6.43. The summed E-state index contributed by atoms with van der Waals surface area (Å²) in [5, 5.41) is 23.2. The van der Waals surface area contributed by atoms with Crippen molar-refractivity contribution in [2.75, 3.05) is 6.54 Å². The first-order valence-corrected chi connectivity index (χ1v) is 8.95. The van der Waals surface area contributed by atoms with Gasteiger partial charge in [-0.3, -0.25) is 0 Å². The Labute approximate surface area is 160 Å². The predicted molar refractivity (Wildman–Crippen MR) is 101 cm³/mol. The van der Waals surface area contributed by atoms with E-state index in [1.165, 1.54) is 6.07 Å². The molecule has 0 aromatic heterocycles. The van der Waals surface area contributed by atoms with Gasteiger partial charge in [0.1, 0.15) is 17.3 Å². The summed E-state index contributed by atoms with van der Waals surface area (Å²) < 4.78 is 10.5. The molecule has 27 heavy (non-hydrogen) atoms. The van der Waals surface area contributed by atoms with Crippen LogP contribution in [0.3, 0.4) is 0 Å². The number of rotatable bonds is 6. The number of alkyl carbamates (subject to hydrolysis) is 1. The largest absolute Gasteiger partial charge is 0.456 e. The van der Waals surface area contributed by atoms with E-state index in [1.807, 2.05) is 0 Å². The zero-order valence-electron chi connectivity index (χ0n) is 16.9. The average Bonchev–Trinajstić information content (AvgIpc) is 2.50. The Bertz CT molecular complexity index is 645. The van der Waals surface area contributed by atoms with Gasteiger partial charge in [-0.25, -0.2) is 9.59 Å². The van der Waals surface area contributed by atoms with Gasteiger partial charge in [0, 0.05) is 6.54 Å². The first kappa shape index (κ1) is 22.9. The maximum Gasteiger partial charge on any atom is 0.407 e. The molecule has 0 spiro atoms. The van der Waals surface area contributed by atoms with Gasteiger partial charge < -0.3 is 25.0 Å². The molecule has 0 radical (unpaired) electrons. The van der Waals surface area contributed by atoms with Crippen molar-refractivity contribution in [2.45, 2.75) is 71.4 Å². The van der Waals surface area contributed by atoms with Crippen LogP contribution in [0.2, 0.25) is 0 Å². The van der Waals surface area contributed by atoms with Gasteiger partial charge in [-0.1, -0.05) is 18.2 Å². The number of amides is 1. The summed E-state index contributed by atoms with van der Waals surface area (Å²) in [6.07, 6.45) is -2.99. The van der Waals surface area contributed by atoms with Gasteiger partial charge in [0.05, 0.1) is 11.7 Å². The zero-order valence-corrected chi connectivity index (χ0v) is 16.9. The molecule has 0 bridgehead atoms. The second-order valence-corrected chi connectivity index (χ2v) is 8.32. The Morgan fingerprint density at radius 2 is 1.56 bits per heavy atom. The highest BCUT2D eigenvalue weighted by Gasteiger charge is 2.26. The standard InChI is InChI=1S/C20H31NO6/c1-19(2,3)26-17(24)14-10-8-7-9-13(14)16(23)15(22)11-12-21-18(25)27-20(4,5)6/h7-10,15-16,22-23H,11-12H2,1-6H3,(H,21,25). The average molecular weight is 381 g/mol. The van der Waals surface area contributed by atoms with Crippen molar-refractivity contribution in [3.05, 3.63) is 35.4 Å². The molecule has 7 heteroatoms. The molecule has 0 aliphatic carbocycles. The van der Waals surface area contributed by atoms with Crippen LogP contribution in [0.15, 0.2) is 24.3 Å². The van der Waals surface area contributed by atoms with E-state index in [4.69, 9.17) is 9.47 Å². The lowest BCUT2D eigenvalue weighted by Crippen LogP contribution is -2.35. The van der Waals surface area contributed by atoms with E-state index in [0.29, 0.717) is 0 Å². The molecule has 0 aliphatic heterocycles. The molecular formula is C20H31NO6. The van der Waals surface area contributed by atoms with Crippen LogP contribution in [0.25, 0.3) is 0 Å². The summed E-state index contributed by atoms with van der Waals surface area (Å²) in [5.41, 5.74) is -0.824. The van der Waals surface area contributed by atoms with E-state index in [-0.39, 0.29) is 24.1 Å². The van der Waals surface area contributed by atoms with Crippen molar-refractivity contribution in [3.8, 4) is 0 Å². The van der Waals surface area contributed by atoms with Crippen LogP contribution >= 0.6 is 0 Å². The number of nitrogens with one attached hydrogen (secondary N) is 1. The van der Waals surface area contributed by atoms with E-state index in [9.17, 15) is 19.8 Å². The molecule has 1 amide bonds. The van der Waals surface area contributed by atoms with Crippen LogP contribution < -0.4 is 5.32 Å². The quantitative estimate of drug-likeness (QED) is 0.654. The van der Waals surface area contributed by atoms with Crippen molar-refractivity contribution < 1.29 is 29.3 Å². The molecule has 2 atom stereocenters. The zero-order chi connectivity index (χ0) is 20.8. The molecule has 1 aromatic rings. The number of hydrogen-bond donors (Lipinski definition) is 3. The number of ether oxygens (including phenoxy) is 2. The maximum atomic E-state index is 12.4. The summed E-state index contributed by atoms with van der Waals surface area (Å²) in [6.45, 7) is 10.6. The SMILES string of the molecule is CC(C)(C)OC(=O)NCCC(O)C(O)c1ccccc1C(=O)OC(C)(C)C. The molecule has 0 saturated heterocycles. The lowest BCUT2D eigenvalue weighted by Gasteiger charge is -2.24. The molecule has 2 unspecified atom stereocenters. The summed E-state index contributed by atoms with van der Waals surface area (Å²) in [5.74, 6) is -0.573. The Hall–Kier alpha value is -2.12. The molecule has 0 saturated carbocycles. The number of hydrogen-bond acceptors (Lipinski definition) is 6. The summed E-state index contributed by atoms with van der Waals surface area (Å²) in [4.78, 5) is 24.0. The lowest BCUT2D eigenvalue weighted by atomic mass is 9.97. The van der Waals surface area contributed by atoms with Gasteiger partial charge in [-0.2, -0.15) is 0 Å². The topological polar surface area (TPSA) is 105 Å². The second-order valence-electron chi connectivity index (χ2n) is 8.32. The molecule has 152 valence electrons. The summed E-state index contributed by atoms with van der Waals surface area (Å²) >= 11 is 0. The van der Waals surface area contributed by atoms with Crippen LogP contribution in [0, 0.1) is 0 Å². The lowest BCUT2D eigenvalue weighted by molar-refractivity contribution is 0.00205. The number of carbonyl (C=O) groups excluding carboxylic acids is 2. The van der Waals surface area contributed by atoms with Gasteiger partial charge in [-0.05, 0) is 59.6 Å². The van der Waals surface area contributed by atoms with Gasteiger partial charge in [-0.15, -0.1) is 0 Å². The number of aliphatic hydroxyl groups excluding tert-OH is 2. The summed E-state index contributed by atoms with van der Waals surface area (Å²) in [7, 11) is 0. The Morgan fingerprint density at radius 1 is 1.00 bits per heavy atom. The van der Waals surface area contributed by atoms with Crippen LogP contribution in [0.1, 0.15) is 70.0 Å². The molecule has 0 fully saturated rings. The molecule has 0 heterocycles. The third kappa shape index (κ3) is 8.41. The molecule has 1 rings (SSSR count). The van der Waals surface area contributed by atoms with Crippen molar-refractivity contribution in [1.29, 1.82) is 0 Å². The third-order valence-corrected chi connectivity index (χ3v) is 3.37. The van der Waals surface area contributed by atoms with Crippen LogP contribution in [0.5, 0.6) is 0 Å². The number of carbonyl (C=O) groups is 2. The predicted octanol–water partition coefficient (Wildman–Crippen LogP) is 2.95. The highest BCUT2D eigenvalue weighted by atomic mass is 16.6. The molecule has 0 aliphatic rings. The third-order valence-electron chi connectivity index (χ3n) is 3.37. The maximum absolute atomic E-state index is 12.4. The molecule has 3 N–H and O–H groups in total. The molecule has 7 nitrogen and oxygen atoms in total. The van der Waals surface area contributed by atoms with Crippen molar-refractivity contribution in [2.24, 2.45) is 0 Å².